The van der Waals surface area contributed by atoms with Crippen molar-refractivity contribution in [3.63, 3.8) is 0 Å². The summed E-state index contributed by atoms with van der Waals surface area (Å²) in [6.45, 7) is 26.7. The van der Waals surface area contributed by atoms with Gasteiger partial charge in [0, 0.05) is 57.9 Å². The molecule has 0 radical (unpaired) electrons. The van der Waals surface area contributed by atoms with Gasteiger partial charge in [0.2, 0.25) is 0 Å². The maximum absolute atomic E-state index is 8.77. The van der Waals surface area contributed by atoms with Gasteiger partial charge in [-0.1, -0.05) is 184 Å². The molecule has 0 spiro atoms. The van der Waals surface area contributed by atoms with Gasteiger partial charge in [-0.2, -0.15) is 0 Å². The maximum Gasteiger partial charge on any atom is 0.328 e. The molecule has 16 nitrogen and oxygen atoms in total. The van der Waals surface area contributed by atoms with Gasteiger partial charge in [0.05, 0.1) is 63.6 Å². The molecular formula is C73H100B7N3O13. The first-order chi connectivity index (χ1) is 46.6. The van der Waals surface area contributed by atoms with Crippen molar-refractivity contribution < 1.29 is 62.1 Å². The highest BCUT2D eigenvalue weighted by atomic mass is 16.5. The van der Waals surface area contributed by atoms with Crippen LogP contribution < -0.4 is 69.7 Å². The van der Waals surface area contributed by atoms with Crippen LogP contribution in [-0.2, 0) is 45.8 Å². The predicted octanol–water partition coefficient (Wildman–Crippen LogP) is 8.03. The van der Waals surface area contributed by atoms with Gasteiger partial charge in [0.15, 0.2) is 0 Å². The number of hydrogen-bond acceptors (Lipinski definition) is 16. The fourth-order valence-corrected chi connectivity index (χ4v) is 13.4. The first-order valence-electron chi connectivity index (χ1n) is 34.8. The van der Waals surface area contributed by atoms with Gasteiger partial charge in [-0.3, -0.25) is 0 Å². The third-order valence-corrected chi connectivity index (χ3v) is 18.3. The Bertz CT molecular complexity index is 3310. The zero-order chi connectivity index (χ0) is 68.7. The van der Waals surface area contributed by atoms with Crippen molar-refractivity contribution in [1.29, 1.82) is 0 Å². The molecule has 7 aliphatic heterocycles. The molecule has 0 saturated heterocycles. The quantitative estimate of drug-likeness (QED) is 0.0288. The number of ether oxygens (including phenoxy) is 3. The maximum atomic E-state index is 8.77. The zero-order valence-corrected chi connectivity index (χ0v) is 58.3. The lowest BCUT2D eigenvalue weighted by molar-refractivity contribution is 0.221. The lowest BCUT2D eigenvalue weighted by atomic mass is 9.63. The van der Waals surface area contributed by atoms with E-state index in [-0.39, 0.29) is 86.5 Å². The largest absolute Gasteiger partial charge is 0.494 e. The van der Waals surface area contributed by atoms with Gasteiger partial charge in [-0.05, 0) is 127 Å². The lowest BCUT2D eigenvalue weighted by Gasteiger charge is -2.11. The Morgan fingerprint density at radius 3 is 1.19 bits per heavy atom. The van der Waals surface area contributed by atoms with Crippen LogP contribution in [0.15, 0.2) is 146 Å². The Morgan fingerprint density at radius 2 is 0.729 bits per heavy atom. The molecule has 2 unspecified atom stereocenters. The predicted molar refractivity (Wildman–Crippen MR) is 398 cm³/mol. The Kier molecular flexibility index (Phi) is 30.0. The van der Waals surface area contributed by atoms with E-state index in [1.54, 1.807) is 0 Å². The molecular weight excluding hydrogens is 1200 g/mol. The number of aliphatic hydroxyl groups is 3. The molecule has 7 aliphatic rings. The summed E-state index contributed by atoms with van der Waals surface area (Å²) in [6, 6.07) is 49.3. The molecule has 0 aromatic heterocycles. The van der Waals surface area contributed by atoms with Crippen LogP contribution in [0.2, 0.25) is 47.8 Å². The Morgan fingerprint density at radius 1 is 0.375 bits per heavy atom. The first-order valence-corrected chi connectivity index (χ1v) is 34.8. The number of nitrogens with two attached hydrogens (primary N) is 3. The monoisotopic (exact) mass is 1300 g/mol. The van der Waals surface area contributed by atoms with Gasteiger partial charge in [-0.15, -0.1) is 0 Å². The van der Waals surface area contributed by atoms with Gasteiger partial charge >= 0.3 is 48.4 Å². The number of anilines is 1. The van der Waals surface area contributed by atoms with Gasteiger partial charge in [-0.25, -0.2) is 0 Å². The summed E-state index contributed by atoms with van der Waals surface area (Å²) in [5.74, 6) is 2.64. The van der Waals surface area contributed by atoms with E-state index in [9.17, 15) is 0 Å². The van der Waals surface area contributed by atoms with Crippen molar-refractivity contribution in [2.75, 3.05) is 58.5 Å². The molecule has 23 heteroatoms. The number of benzene rings is 7. The summed E-state index contributed by atoms with van der Waals surface area (Å²) in [5, 5.41) is 26.2. The zero-order valence-electron chi connectivity index (χ0n) is 58.3. The van der Waals surface area contributed by atoms with E-state index in [4.69, 9.17) is 79.3 Å². The highest BCUT2D eigenvalue weighted by Crippen LogP contribution is 2.32. The van der Waals surface area contributed by atoms with Gasteiger partial charge in [0.25, 0.3) is 0 Å². The van der Waals surface area contributed by atoms with E-state index in [0.717, 1.165) is 65.3 Å². The second-order valence-corrected chi connectivity index (χ2v) is 24.9. The molecule has 5 atom stereocenters. The summed E-state index contributed by atoms with van der Waals surface area (Å²) in [7, 11) is 0. The van der Waals surface area contributed by atoms with Gasteiger partial charge < -0.3 is 79.3 Å². The van der Waals surface area contributed by atoms with E-state index < -0.39 is 0 Å². The number of rotatable bonds is 17. The van der Waals surface area contributed by atoms with E-state index in [1.807, 2.05) is 93.3 Å². The Balaban J connectivity index is 0.000000144. The van der Waals surface area contributed by atoms with E-state index >= 15 is 0 Å². The summed E-state index contributed by atoms with van der Waals surface area (Å²) < 4.78 is 56.9. The van der Waals surface area contributed by atoms with Crippen molar-refractivity contribution >= 4 is 92.3 Å². The van der Waals surface area contributed by atoms with Crippen LogP contribution in [0, 0.1) is 0 Å². The number of aliphatic hydroxyl groups excluding tert-OH is 3. The number of fused-ring (bicyclic) bond motifs is 7. The number of nitrogen functional groups attached to an aromatic ring is 1. The second-order valence-electron chi connectivity index (χ2n) is 24.9. The molecule has 14 rings (SSSR count). The summed E-state index contributed by atoms with van der Waals surface area (Å²) in [5.41, 5.74) is 35.3. The fourth-order valence-electron chi connectivity index (χ4n) is 13.4. The molecule has 0 fully saturated rings. The smallest absolute Gasteiger partial charge is 0.328 e. The van der Waals surface area contributed by atoms with Gasteiger partial charge in [0.1, 0.15) is 17.2 Å². The second kappa shape index (κ2) is 38.2. The molecule has 7 aromatic rings. The summed E-state index contributed by atoms with van der Waals surface area (Å²) >= 11 is 0. The van der Waals surface area contributed by atoms with Crippen LogP contribution in [0.3, 0.4) is 0 Å². The average Bonchev–Trinajstić information content (AvgIpc) is 1.56. The van der Waals surface area contributed by atoms with E-state index in [0.29, 0.717) is 71.0 Å². The van der Waals surface area contributed by atoms with Crippen LogP contribution in [0.25, 0.3) is 0 Å². The standard InChI is InChI=1S/C13H19BO3.C12H18BNO3.C11H15BO3.2C10H13BO.C9H12BNO.C8H10BNO/c1-3-11-10-6-4-7-12(16-9-5-8-15)13(10)14(2)17-11;1-13-12-9(11(8-14)17-13)4-2-5-10(12)16-7-3-6-15;1-12-11-9(8-15-12)4-2-5-10(11)14-7-3-6-13;2*1-3-10-8-6-4-5-7-9(8)11(2)12-10;1-10-8-5-3-2-4-7(8)9(6-11)12-10;1-9-8-4-7(10)3-2-6(8)5-11-9/h4,6-7,11,15H,3,5,8-9H2,1-2H3;2,4-5,11,15H,3,6-8,14H2,1H3;2,4-5,13H,3,6-8H2,1H3;2*4-7,10H,3H2,1-2H3;2-5,9H,6,11H2,1H3;2-4H,5,10H2,1H3/t11-;;;2*10-;;/m1..10../s1. The molecule has 0 amide bonds. The van der Waals surface area contributed by atoms with Crippen molar-refractivity contribution in [2.24, 2.45) is 11.5 Å². The third kappa shape index (κ3) is 19.3. The minimum atomic E-state index is -0.0265. The molecule has 7 aromatic carbocycles. The summed E-state index contributed by atoms with van der Waals surface area (Å²) in [4.78, 5) is 0. The normalized spacial score (nSPS) is 18.4. The summed E-state index contributed by atoms with van der Waals surface area (Å²) in [6.07, 6.45) is 6.03. The average molecular weight is 1300 g/mol. The molecule has 0 aliphatic carbocycles. The first kappa shape index (κ1) is 75.5. The topological polar surface area (TPSA) is 231 Å². The lowest BCUT2D eigenvalue weighted by Crippen LogP contribution is -2.26. The SMILES string of the molecule is CB1OC(CN)c2cccc(OCCCO)c21.CB1OC(CN)c2ccccc21.CB1OCc2ccc(N)cc21.CB1OCc2cccc(OCCCO)c21.CC[C@@H]1OB(C)c2ccccc21.CC[C@H]1OB(C)c2c(OCCCO)cccc21.CC[C@H]1OB(C)c2ccccc21. The van der Waals surface area contributed by atoms with Crippen LogP contribution in [0.5, 0.6) is 17.2 Å². The van der Waals surface area contributed by atoms with Crippen LogP contribution in [0.1, 0.15) is 129 Å². The molecule has 96 heavy (non-hydrogen) atoms. The Labute approximate surface area is 574 Å². The molecule has 506 valence electrons. The molecule has 9 N–H and O–H groups in total. The van der Waals surface area contributed by atoms with E-state index in [2.05, 4.69) is 121 Å². The van der Waals surface area contributed by atoms with Crippen molar-refractivity contribution in [3.8, 4) is 17.2 Å². The van der Waals surface area contributed by atoms with Crippen molar-refractivity contribution in [3.05, 3.63) is 185 Å². The molecule has 0 saturated carbocycles. The van der Waals surface area contributed by atoms with Crippen molar-refractivity contribution in [2.45, 2.75) is 151 Å². The minimum Gasteiger partial charge on any atom is -0.494 e. The van der Waals surface area contributed by atoms with Crippen LogP contribution >= 0.6 is 0 Å². The van der Waals surface area contributed by atoms with Crippen LogP contribution in [-0.4, -0.2) is 116 Å². The molecule has 7 heterocycles. The third-order valence-electron chi connectivity index (χ3n) is 18.3. The van der Waals surface area contributed by atoms with Crippen molar-refractivity contribution in [1.82, 2.24) is 0 Å². The van der Waals surface area contributed by atoms with Crippen LogP contribution in [0.4, 0.5) is 5.69 Å². The highest BCUT2D eigenvalue weighted by Gasteiger charge is 2.36. The molecule has 0 bridgehead atoms. The highest BCUT2D eigenvalue weighted by molar-refractivity contribution is 6.70. The Hall–Kier alpha value is -6.29. The minimum absolute atomic E-state index is 0.0175. The fraction of sp³-hybridized carbons (Fsp3) is 0.425. The number of hydrogen-bond donors (Lipinski definition) is 6. The van der Waals surface area contributed by atoms with E-state index in [1.165, 1.54) is 60.7 Å².